The fourth-order valence-electron chi connectivity index (χ4n) is 2.70. The molecule has 0 unspecified atom stereocenters. The summed E-state index contributed by atoms with van der Waals surface area (Å²) in [5, 5.41) is 0. The molecule has 3 aromatic rings. The molecule has 0 N–H and O–H groups in total. The molecule has 130 valence electrons. The minimum absolute atomic E-state index is 0.109. The molecule has 0 saturated carbocycles. The minimum Gasteiger partial charge on any atom is -0.331 e. The Morgan fingerprint density at radius 2 is 1.38 bits per heavy atom. The van der Waals surface area contributed by atoms with Crippen molar-refractivity contribution in [1.82, 2.24) is 4.90 Å². The van der Waals surface area contributed by atoms with E-state index >= 15 is 0 Å². The molecule has 1 amide bonds. The molecule has 0 aliphatic rings. The lowest BCUT2D eigenvalue weighted by Gasteiger charge is -2.21. The molecule has 0 aromatic heterocycles. The van der Waals surface area contributed by atoms with Crippen LogP contribution >= 0.6 is 0 Å². The second-order valence-electron chi connectivity index (χ2n) is 6.05. The Balaban J connectivity index is 1.78. The topological polar surface area (TPSA) is 20.3 Å². The second kappa shape index (κ2) is 8.77. The zero-order valence-electron chi connectivity index (χ0n) is 14.4. The molecule has 3 aromatic carbocycles. The fourth-order valence-corrected chi connectivity index (χ4v) is 2.70. The summed E-state index contributed by atoms with van der Waals surface area (Å²) in [5.41, 5.74) is 2.80. The number of hydrogen-bond acceptors (Lipinski definition) is 1. The molecule has 3 rings (SSSR count). The van der Waals surface area contributed by atoms with Crippen molar-refractivity contribution in [2.45, 2.75) is 13.1 Å². The first-order chi connectivity index (χ1) is 12.7. The third-order valence-electron chi connectivity index (χ3n) is 4.01. The average Bonchev–Trinajstić information content (AvgIpc) is 2.67. The maximum Gasteiger partial charge on any atom is 0.247 e. The number of halogens is 1. The summed E-state index contributed by atoms with van der Waals surface area (Å²) in [5.74, 6) is -0.424. The van der Waals surface area contributed by atoms with Crippen LogP contribution in [0.4, 0.5) is 4.39 Å². The Kier molecular flexibility index (Phi) is 5.94. The van der Waals surface area contributed by atoms with E-state index in [9.17, 15) is 9.18 Å². The van der Waals surface area contributed by atoms with Gasteiger partial charge in [0.05, 0.1) is 0 Å². The van der Waals surface area contributed by atoms with Crippen LogP contribution in [0.15, 0.2) is 91.0 Å². The maximum absolute atomic E-state index is 13.3. The van der Waals surface area contributed by atoms with Gasteiger partial charge < -0.3 is 4.90 Å². The van der Waals surface area contributed by atoms with Crippen LogP contribution in [0.25, 0.3) is 6.08 Å². The van der Waals surface area contributed by atoms with Crippen molar-refractivity contribution in [3.8, 4) is 0 Å². The predicted octanol–water partition coefficient (Wildman–Crippen LogP) is 5.07. The van der Waals surface area contributed by atoms with Gasteiger partial charge in [-0.3, -0.25) is 4.79 Å². The maximum atomic E-state index is 13.3. The van der Waals surface area contributed by atoms with Crippen molar-refractivity contribution in [2.75, 3.05) is 0 Å². The van der Waals surface area contributed by atoms with E-state index in [1.165, 1.54) is 18.2 Å². The molecule has 0 fully saturated rings. The van der Waals surface area contributed by atoms with Crippen molar-refractivity contribution >= 4 is 12.0 Å². The van der Waals surface area contributed by atoms with E-state index in [2.05, 4.69) is 0 Å². The molecule has 0 aliphatic heterocycles. The van der Waals surface area contributed by atoms with E-state index in [0.717, 1.165) is 11.1 Å². The third kappa shape index (κ3) is 5.15. The van der Waals surface area contributed by atoms with E-state index in [0.29, 0.717) is 18.7 Å². The molecule has 0 atom stereocenters. The number of amides is 1. The van der Waals surface area contributed by atoms with Crippen LogP contribution in [-0.4, -0.2) is 10.8 Å². The third-order valence-corrected chi connectivity index (χ3v) is 4.01. The Hall–Kier alpha value is -3.20. The molecular weight excluding hydrogens is 325 g/mol. The summed E-state index contributed by atoms with van der Waals surface area (Å²) in [6.45, 7) is 1.03. The van der Waals surface area contributed by atoms with Crippen molar-refractivity contribution in [3.05, 3.63) is 114 Å². The summed E-state index contributed by atoms with van der Waals surface area (Å²) in [4.78, 5) is 14.5. The highest BCUT2D eigenvalue weighted by atomic mass is 19.1. The predicted molar refractivity (Wildman–Crippen MR) is 103 cm³/mol. The highest BCUT2D eigenvalue weighted by Gasteiger charge is 2.12. The number of rotatable bonds is 6. The SMILES string of the molecule is O=C(C=Cc1cccc(F)c1)N(Cc1ccccc1)Cc1ccccc1. The number of nitrogens with zero attached hydrogens (tertiary/aromatic N) is 1. The zero-order chi connectivity index (χ0) is 18.2. The largest absolute Gasteiger partial charge is 0.331 e. The van der Waals surface area contributed by atoms with Crippen LogP contribution in [0.2, 0.25) is 0 Å². The number of carbonyl (C=O) groups excluding carboxylic acids is 1. The highest BCUT2D eigenvalue weighted by Crippen LogP contribution is 2.12. The first kappa shape index (κ1) is 17.6. The van der Waals surface area contributed by atoms with Crippen LogP contribution in [0.5, 0.6) is 0 Å². The van der Waals surface area contributed by atoms with Gasteiger partial charge in [-0.05, 0) is 34.9 Å². The van der Waals surface area contributed by atoms with E-state index in [1.807, 2.05) is 60.7 Å². The molecule has 0 aliphatic carbocycles. The van der Waals surface area contributed by atoms with Crippen LogP contribution in [0, 0.1) is 5.82 Å². The van der Waals surface area contributed by atoms with Gasteiger partial charge in [0.1, 0.15) is 5.82 Å². The normalized spacial score (nSPS) is 10.8. The monoisotopic (exact) mass is 345 g/mol. The van der Waals surface area contributed by atoms with Gasteiger partial charge >= 0.3 is 0 Å². The summed E-state index contributed by atoms with van der Waals surface area (Å²) < 4.78 is 13.3. The second-order valence-corrected chi connectivity index (χ2v) is 6.05. The molecule has 0 saturated heterocycles. The Labute approximate surface area is 153 Å². The molecule has 26 heavy (non-hydrogen) atoms. The first-order valence-electron chi connectivity index (χ1n) is 8.51. The first-order valence-corrected chi connectivity index (χ1v) is 8.51. The molecule has 2 nitrogen and oxygen atoms in total. The zero-order valence-corrected chi connectivity index (χ0v) is 14.4. The van der Waals surface area contributed by atoms with Gasteiger partial charge in [0.25, 0.3) is 0 Å². The highest BCUT2D eigenvalue weighted by molar-refractivity contribution is 5.91. The molecule has 0 heterocycles. The van der Waals surface area contributed by atoms with E-state index < -0.39 is 0 Å². The van der Waals surface area contributed by atoms with E-state index in [1.54, 1.807) is 23.1 Å². The lowest BCUT2D eigenvalue weighted by molar-refractivity contribution is -0.127. The summed E-state index contributed by atoms with van der Waals surface area (Å²) in [7, 11) is 0. The van der Waals surface area contributed by atoms with Crippen LogP contribution < -0.4 is 0 Å². The van der Waals surface area contributed by atoms with Crippen molar-refractivity contribution < 1.29 is 9.18 Å². The molecule has 3 heteroatoms. The van der Waals surface area contributed by atoms with Gasteiger partial charge in [-0.2, -0.15) is 0 Å². The molecule has 0 radical (unpaired) electrons. The van der Waals surface area contributed by atoms with Crippen molar-refractivity contribution in [2.24, 2.45) is 0 Å². The quantitative estimate of drug-likeness (QED) is 0.571. The fraction of sp³-hybridized carbons (Fsp3) is 0.0870. The van der Waals surface area contributed by atoms with Crippen LogP contribution in [-0.2, 0) is 17.9 Å². The lowest BCUT2D eigenvalue weighted by atomic mass is 10.1. The van der Waals surface area contributed by atoms with Crippen LogP contribution in [0.1, 0.15) is 16.7 Å². The summed E-state index contributed by atoms with van der Waals surface area (Å²) in [6, 6.07) is 26.0. The van der Waals surface area contributed by atoms with E-state index in [4.69, 9.17) is 0 Å². The number of carbonyl (C=O) groups is 1. The summed E-state index contributed by atoms with van der Waals surface area (Å²) in [6.07, 6.45) is 3.15. The van der Waals surface area contributed by atoms with Gasteiger partial charge in [-0.15, -0.1) is 0 Å². The Bertz CT molecular complexity index is 833. The number of benzene rings is 3. The standard InChI is InChI=1S/C23H20FNO/c24-22-13-7-12-19(16-22)14-15-23(26)25(17-20-8-3-1-4-9-20)18-21-10-5-2-6-11-21/h1-16H,17-18H2. The van der Waals surface area contributed by atoms with E-state index in [-0.39, 0.29) is 11.7 Å². The van der Waals surface area contributed by atoms with Gasteiger partial charge in [-0.1, -0.05) is 72.8 Å². The molecule has 0 spiro atoms. The smallest absolute Gasteiger partial charge is 0.247 e. The van der Waals surface area contributed by atoms with Crippen molar-refractivity contribution in [3.63, 3.8) is 0 Å². The van der Waals surface area contributed by atoms with Gasteiger partial charge in [-0.25, -0.2) is 4.39 Å². The van der Waals surface area contributed by atoms with Gasteiger partial charge in [0, 0.05) is 19.2 Å². The minimum atomic E-state index is -0.315. The Morgan fingerprint density at radius 1 is 0.808 bits per heavy atom. The van der Waals surface area contributed by atoms with Crippen molar-refractivity contribution in [1.29, 1.82) is 0 Å². The number of hydrogen-bond donors (Lipinski definition) is 0. The lowest BCUT2D eigenvalue weighted by Crippen LogP contribution is -2.28. The summed E-state index contributed by atoms with van der Waals surface area (Å²) >= 11 is 0. The molecular formula is C23H20FNO. The Morgan fingerprint density at radius 3 is 1.92 bits per heavy atom. The molecule has 0 bridgehead atoms. The van der Waals surface area contributed by atoms with Crippen LogP contribution in [0.3, 0.4) is 0 Å². The average molecular weight is 345 g/mol. The van der Waals surface area contributed by atoms with Gasteiger partial charge in [0.15, 0.2) is 0 Å². The van der Waals surface area contributed by atoms with Gasteiger partial charge in [0.2, 0.25) is 5.91 Å².